The van der Waals surface area contributed by atoms with Gasteiger partial charge in [-0.3, -0.25) is 4.90 Å². The van der Waals surface area contributed by atoms with E-state index in [0.717, 1.165) is 28.5 Å². The van der Waals surface area contributed by atoms with Crippen molar-refractivity contribution in [3.8, 4) is 0 Å². The Balaban J connectivity index is 2.04. The van der Waals surface area contributed by atoms with Crippen LogP contribution >= 0.6 is 11.3 Å². The van der Waals surface area contributed by atoms with Crippen molar-refractivity contribution in [3.63, 3.8) is 0 Å². The molecule has 1 fully saturated rings. The lowest BCUT2D eigenvalue weighted by Crippen LogP contribution is -2.18. The molecule has 0 amide bonds. The highest BCUT2D eigenvalue weighted by Crippen LogP contribution is 2.22. The molecule has 15 heavy (non-hydrogen) atoms. The first-order chi connectivity index (χ1) is 7.33. The summed E-state index contributed by atoms with van der Waals surface area (Å²) in [5.74, 6) is 0. The largest absolute Gasteiger partial charge is 0.391 e. The van der Waals surface area contributed by atoms with Gasteiger partial charge in [0.1, 0.15) is 5.01 Å². The van der Waals surface area contributed by atoms with Gasteiger partial charge in [-0.15, -0.1) is 11.3 Å². The van der Waals surface area contributed by atoms with E-state index < -0.39 is 0 Å². The van der Waals surface area contributed by atoms with Gasteiger partial charge in [0.25, 0.3) is 0 Å². The van der Waals surface area contributed by atoms with Crippen LogP contribution in [0.25, 0.3) is 0 Å². The molecule has 2 heterocycles. The molecule has 0 aliphatic carbocycles. The van der Waals surface area contributed by atoms with E-state index in [9.17, 15) is 5.11 Å². The molecule has 2 rings (SSSR count). The number of likely N-dealkylation sites (tertiary alicyclic amines) is 1. The SMILES string of the molecule is CCc1nc(CN2CCCC2)sc1CO. The van der Waals surface area contributed by atoms with Crippen LogP contribution in [0, 0.1) is 0 Å². The van der Waals surface area contributed by atoms with Gasteiger partial charge in [0.05, 0.1) is 23.7 Å². The summed E-state index contributed by atoms with van der Waals surface area (Å²) in [4.78, 5) is 8.07. The van der Waals surface area contributed by atoms with E-state index >= 15 is 0 Å². The van der Waals surface area contributed by atoms with Gasteiger partial charge in [-0.25, -0.2) is 4.98 Å². The maximum atomic E-state index is 9.18. The Labute approximate surface area is 94.8 Å². The summed E-state index contributed by atoms with van der Waals surface area (Å²) >= 11 is 1.67. The fraction of sp³-hybridized carbons (Fsp3) is 0.727. The zero-order valence-corrected chi connectivity index (χ0v) is 10.0. The highest BCUT2D eigenvalue weighted by Gasteiger charge is 2.15. The fourth-order valence-electron chi connectivity index (χ4n) is 2.04. The van der Waals surface area contributed by atoms with Crippen molar-refractivity contribution >= 4 is 11.3 Å². The Kier molecular flexibility index (Phi) is 3.72. The first-order valence-electron chi connectivity index (χ1n) is 5.64. The third kappa shape index (κ3) is 2.56. The van der Waals surface area contributed by atoms with E-state index in [4.69, 9.17) is 0 Å². The lowest BCUT2D eigenvalue weighted by atomic mass is 10.3. The second kappa shape index (κ2) is 5.05. The summed E-state index contributed by atoms with van der Waals surface area (Å²) in [6.07, 6.45) is 3.56. The summed E-state index contributed by atoms with van der Waals surface area (Å²) in [7, 11) is 0. The van der Waals surface area contributed by atoms with Crippen LogP contribution in [0.1, 0.15) is 35.3 Å². The van der Waals surface area contributed by atoms with Crippen LogP contribution < -0.4 is 0 Å². The van der Waals surface area contributed by atoms with Crippen LogP contribution in [-0.2, 0) is 19.6 Å². The fourth-order valence-corrected chi connectivity index (χ4v) is 3.10. The number of hydrogen-bond acceptors (Lipinski definition) is 4. The molecule has 0 aromatic carbocycles. The number of rotatable bonds is 4. The summed E-state index contributed by atoms with van der Waals surface area (Å²) in [5.41, 5.74) is 1.08. The monoisotopic (exact) mass is 226 g/mol. The molecule has 0 bridgehead atoms. The summed E-state index contributed by atoms with van der Waals surface area (Å²) in [6.45, 7) is 5.61. The van der Waals surface area contributed by atoms with Crippen molar-refractivity contribution in [2.45, 2.75) is 39.3 Å². The summed E-state index contributed by atoms with van der Waals surface area (Å²) < 4.78 is 0. The molecular weight excluding hydrogens is 208 g/mol. The molecule has 1 aromatic rings. The van der Waals surface area contributed by atoms with Crippen molar-refractivity contribution in [2.75, 3.05) is 13.1 Å². The summed E-state index contributed by atoms with van der Waals surface area (Å²) in [6, 6.07) is 0. The van der Waals surface area contributed by atoms with E-state index in [1.807, 2.05) is 0 Å². The lowest BCUT2D eigenvalue weighted by Gasteiger charge is -2.11. The molecule has 0 atom stereocenters. The highest BCUT2D eigenvalue weighted by molar-refractivity contribution is 7.11. The molecule has 0 unspecified atom stereocenters. The van der Waals surface area contributed by atoms with E-state index in [2.05, 4.69) is 16.8 Å². The van der Waals surface area contributed by atoms with E-state index in [-0.39, 0.29) is 6.61 Å². The van der Waals surface area contributed by atoms with Gasteiger partial charge in [-0.05, 0) is 32.4 Å². The maximum absolute atomic E-state index is 9.18. The highest BCUT2D eigenvalue weighted by atomic mass is 32.1. The topological polar surface area (TPSA) is 36.4 Å². The summed E-state index contributed by atoms with van der Waals surface area (Å²) in [5, 5.41) is 10.3. The Hall–Kier alpha value is -0.450. The molecule has 1 aliphatic heterocycles. The van der Waals surface area contributed by atoms with Gasteiger partial charge >= 0.3 is 0 Å². The Morgan fingerprint density at radius 3 is 2.67 bits per heavy atom. The molecule has 0 spiro atoms. The van der Waals surface area contributed by atoms with Crippen LogP contribution in [0.4, 0.5) is 0 Å². The molecule has 1 saturated heterocycles. The number of aromatic nitrogens is 1. The van der Waals surface area contributed by atoms with Gasteiger partial charge in [0.2, 0.25) is 0 Å². The molecule has 1 aliphatic rings. The Morgan fingerprint density at radius 1 is 1.40 bits per heavy atom. The number of aliphatic hydroxyl groups excluding tert-OH is 1. The second-order valence-electron chi connectivity index (χ2n) is 3.97. The van der Waals surface area contributed by atoms with Crippen molar-refractivity contribution in [3.05, 3.63) is 15.6 Å². The minimum atomic E-state index is 0.140. The standard InChI is InChI=1S/C11H18N2OS/c1-2-9-10(8-14)15-11(12-9)7-13-5-3-4-6-13/h14H,2-8H2,1H3. The number of aliphatic hydroxyl groups is 1. The smallest absolute Gasteiger partial charge is 0.107 e. The van der Waals surface area contributed by atoms with Crippen LogP contribution in [0.5, 0.6) is 0 Å². The number of hydrogen-bond donors (Lipinski definition) is 1. The molecule has 1 aromatic heterocycles. The molecule has 1 N–H and O–H groups in total. The molecular formula is C11H18N2OS. The second-order valence-corrected chi connectivity index (χ2v) is 5.14. The third-order valence-electron chi connectivity index (χ3n) is 2.86. The van der Waals surface area contributed by atoms with Gasteiger partial charge in [-0.1, -0.05) is 6.92 Å². The van der Waals surface area contributed by atoms with Crippen LogP contribution in [-0.4, -0.2) is 28.1 Å². The average molecular weight is 226 g/mol. The van der Waals surface area contributed by atoms with Crippen LogP contribution in [0.3, 0.4) is 0 Å². The molecule has 0 saturated carbocycles. The van der Waals surface area contributed by atoms with Crippen LogP contribution in [0.15, 0.2) is 0 Å². The number of nitrogens with zero attached hydrogens (tertiary/aromatic N) is 2. The van der Waals surface area contributed by atoms with Gasteiger partial charge < -0.3 is 5.11 Å². The zero-order chi connectivity index (χ0) is 10.7. The van der Waals surface area contributed by atoms with Crippen molar-refractivity contribution in [1.29, 1.82) is 0 Å². The predicted octanol–water partition coefficient (Wildman–Crippen LogP) is 1.79. The van der Waals surface area contributed by atoms with E-state index in [1.165, 1.54) is 25.9 Å². The van der Waals surface area contributed by atoms with Gasteiger partial charge in [0, 0.05) is 0 Å². The van der Waals surface area contributed by atoms with Gasteiger partial charge in [-0.2, -0.15) is 0 Å². The molecule has 84 valence electrons. The molecule has 3 nitrogen and oxygen atoms in total. The van der Waals surface area contributed by atoms with Crippen molar-refractivity contribution < 1.29 is 5.11 Å². The van der Waals surface area contributed by atoms with Gasteiger partial charge in [0.15, 0.2) is 0 Å². The normalized spacial score (nSPS) is 17.5. The van der Waals surface area contributed by atoms with Crippen LogP contribution in [0.2, 0.25) is 0 Å². The first kappa shape index (κ1) is 11.0. The minimum absolute atomic E-state index is 0.140. The minimum Gasteiger partial charge on any atom is -0.391 e. The Bertz CT molecular complexity index is 297. The zero-order valence-electron chi connectivity index (χ0n) is 9.20. The quantitative estimate of drug-likeness (QED) is 0.850. The number of aryl methyl sites for hydroxylation is 1. The maximum Gasteiger partial charge on any atom is 0.107 e. The van der Waals surface area contributed by atoms with Crippen molar-refractivity contribution in [1.82, 2.24) is 9.88 Å². The average Bonchev–Trinajstić information content (AvgIpc) is 2.87. The predicted molar refractivity (Wildman–Crippen MR) is 61.9 cm³/mol. The van der Waals surface area contributed by atoms with E-state index in [0.29, 0.717) is 0 Å². The lowest BCUT2D eigenvalue weighted by molar-refractivity contribution is 0.284. The van der Waals surface area contributed by atoms with E-state index in [1.54, 1.807) is 11.3 Å². The molecule has 4 heteroatoms. The number of thiazole rings is 1. The first-order valence-corrected chi connectivity index (χ1v) is 6.45. The Morgan fingerprint density at radius 2 is 2.13 bits per heavy atom. The molecule has 0 radical (unpaired) electrons. The third-order valence-corrected chi connectivity index (χ3v) is 3.93. The van der Waals surface area contributed by atoms with Crippen molar-refractivity contribution in [2.24, 2.45) is 0 Å².